The van der Waals surface area contributed by atoms with Gasteiger partial charge in [0.25, 0.3) is 0 Å². The van der Waals surface area contributed by atoms with Crippen molar-refractivity contribution in [3.8, 4) is 11.8 Å². The first-order valence-corrected chi connectivity index (χ1v) is 10.8. The number of thioether (sulfide) groups is 1. The molecule has 0 saturated heterocycles. The number of carbonyl (C=O) groups is 2. The largest absolute Gasteiger partial charge is 0.495 e. The fraction of sp³-hybridized carbons (Fsp3) is 0.476. The van der Waals surface area contributed by atoms with E-state index in [-0.39, 0.29) is 36.1 Å². The van der Waals surface area contributed by atoms with Crippen LogP contribution in [0.5, 0.6) is 5.75 Å². The Labute approximate surface area is 181 Å². The first-order chi connectivity index (χ1) is 13.7. The van der Waals surface area contributed by atoms with Gasteiger partial charge in [0.2, 0.25) is 11.8 Å². The lowest BCUT2D eigenvalue weighted by Crippen LogP contribution is -2.43. The van der Waals surface area contributed by atoms with Crippen molar-refractivity contribution in [1.29, 1.82) is 5.26 Å². The molecule has 8 heteroatoms. The van der Waals surface area contributed by atoms with E-state index in [1.807, 2.05) is 27.7 Å². The third kappa shape index (κ3) is 5.46. The molecule has 29 heavy (non-hydrogen) atoms. The minimum Gasteiger partial charge on any atom is -0.495 e. The summed E-state index contributed by atoms with van der Waals surface area (Å²) < 4.78 is 5.17. The van der Waals surface area contributed by atoms with E-state index in [9.17, 15) is 14.9 Å². The van der Waals surface area contributed by atoms with Gasteiger partial charge in [0.15, 0.2) is 0 Å². The predicted molar refractivity (Wildman–Crippen MR) is 116 cm³/mol. The Hall–Kier alpha value is -2.17. The van der Waals surface area contributed by atoms with Crippen LogP contribution < -0.4 is 10.1 Å². The summed E-state index contributed by atoms with van der Waals surface area (Å²) in [5, 5.41) is 13.4. The van der Waals surface area contributed by atoms with Gasteiger partial charge in [-0.05, 0) is 45.4 Å². The maximum Gasteiger partial charge on any atom is 0.233 e. The molecule has 0 fully saturated rings. The molecule has 1 aliphatic rings. The molecule has 1 aromatic rings. The molecule has 1 atom stereocenters. The lowest BCUT2D eigenvalue weighted by Gasteiger charge is -2.31. The molecule has 1 heterocycles. The summed E-state index contributed by atoms with van der Waals surface area (Å²) in [4.78, 5) is 26.8. The van der Waals surface area contributed by atoms with Crippen LogP contribution in [0, 0.1) is 11.3 Å². The number of methoxy groups -OCH3 is 1. The first-order valence-electron chi connectivity index (χ1n) is 9.41. The van der Waals surface area contributed by atoms with Crippen LogP contribution in [0.25, 0.3) is 0 Å². The molecule has 6 nitrogen and oxygen atoms in total. The van der Waals surface area contributed by atoms with Gasteiger partial charge in [-0.2, -0.15) is 5.26 Å². The molecule has 2 amide bonds. The van der Waals surface area contributed by atoms with E-state index in [4.69, 9.17) is 16.3 Å². The van der Waals surface area contributed by atoms with Crippen molar-refractivity contribution in [2.24, 2.45) is 0 Å². The molecule has 0 bridgehead atoms. The summed E-state index contributed by atoms with van der Waals surface area (Å²) in [7, 11) is 1.53. The van der Waals surface area contributed by atoms with Crippen molar-refractivity contribution < 1.29 is 14.3 Å². The molecule has 0 aliphatic carbocycles. The lowest BCUT2D eigenvalue weighted by molar-refractivity contribution is -0.131. The molecule has 156 valence electrons. The number of hydrogen-bond acceptors (Lipinski definition) is 5. The number of hydrogen-bond donors (Lipinski definition) is 1. The Morgan fingerprint density at radius 2 is 2.03 bits per heavy atom. The van der Waals surface area contributed by atoms with Gasteiger partial charge in [-0.3, -0.25) is 9.59 Å². The molecule has 1 aliphatic heterocycles. The molecule has 0 aromatic heterocycles. The number of nitriles is 1. The van der Waals surface area contributed by atoms with Crippen molar-refractivity contribution in [2.45, 2.75) is 52.1 Å². The van der Waals surface area contributed by atoms with E-state index < -0.39 is 5.92 Å². The number of nitrogens with one attached hydrogen (secondary N) is 1. The first kappa shape index (κ1) is 23.1. The van der Waals surface area contributed by atoms with Gasteiger partial charge >= 0.3 is 0 Å². The lowest BCUT2D eigenvalue weighted by atomic mass is 9.87. The van der Waals surface area contributed by atoms with Gasteiger partial charge in [-0.25, -0.2) is 0 Å². The summed E-state index contributed by atoms with van der Waals surface area (Å²) in [6, 6.07) is 7.60. The molecule has 0 unspecified atom stereocenters. The SMILES string of the molecule is COc1ccc([C@@H]2CC(=O)NC(SCC(=O)N(C(C)C)C(C)C)=C2C#N)cc1Cl. The minimum absolute atomic E-state index is 0.0337. The van der Waals surface area contributed by atoms with E-state index in [1.165, 1.54) is 18.9 Å². The molecular weight excluding hydrogens is 410 g/mol. The molecule has 1 N–H and O–H groups in total. The molecule has 0 radical (unpaired) electrons. The van der Waals surface area contributed by atoms with Crippen LogP contribution >= 0.6 is 23.4 Å². The highest BCUT2D eigenvalue weighted by Gasteiger charge is 2.31. The van der Waals surface area contributed by atoms with E-state index in [1.54, 1.807) is 23.1 Å². The molecule has 0 saturated carbocycles. The van der Waals surface area contributed by atoms with E-state index in [0.717, 1.165) is 5.56 Å². The summed E-state index contributed by atoms with van der Waals surface area (Å²) in [5.74, 6) is 0.0313. The number of halogens is 1. The van der Waals surface area contributed by atoms with Gasteiger partial charge in [-0.15, -0.1) is 0 Å². The van der Waals surface area contributed by atoms with Gasteiger partial charge in [0, 0.05) is 24.4 Å². The minimum atomic E-state index is -0.416. The van der Waals surface area contributed by atoms with Crippen LogP contribution in [0.1, 0.15) is 45.6 Å². The van der Waals surface area contributed by atoms with Crippen LogP contribution in [0.2, 0.25) is 5.02 Å². The predicted octanol–water partition coefficient (Wildman–Crippen LogP) is 4.07. The van der Waals surface area contributed by atoms with Gasteiger partial charge in [-0.1, -0.05) is 29.4 Å². The second kappa shape index (κ2) is 10.0. The van der Waals surface area contributed by atoms with Gasteiger partial charge in [0.1, 0.15) is 5.75 Å². The van der Waals surface area contributed by atoms with Crippen LogP contribution in [-0.2, 0) is 9.59 Å². The Balaban J connectivity index is 2.30. The Bertz CT molecular complexity index is 853. The molecule has 2 rings (SSSR count). The number of allylic oxidation sites excluding steroid dienone is 1. The third-order valence-electron chi connectivity index (χ3n) is 4.67. The Morgan fingerprint density at radius 1 is 1.38 bits per heavy atom. The second-order valence-electron chi connectivity index (χ2n) is 7.33. The number of rotatable bonds is 7. The van der Waals surface area contributed by atoms with Crippen LogP contribution in [0.3, 0.4) is 0 Å². The van der Waals surface area contributed by atoms with Crippen molar-refractivity contribution in [3.05, 3.63) is 39.4 Å². The third-order valence-corrected chi connectivity index (χ3v) is 5.97. The summed E-state index contributed by atoms with van der Waals surface area (Å²) in [5.41, 5.74) is 1.20. The van der Waals surface area contributed by atoms with Gasteiger partial charge in [0.05, 0.1) is 34.6 Å². The Morgan fingerprint density at radius 3 is 2.55 bits per heavy atom. The van der Waals surface area contributed by atoms with Crippen LogP contribution in [0.15, 0.2) is 28.8 Å². The zero-order chi connectivity index (χ0) is 21.7. The number of benzene rings is 1. The smallest absolute Gasteiger partial charge is 0.233 e. The standard InChI is InChI=1S/C21H26ClN3O3S/c1-12(2)25(13(3)4)20(27)11-29-21-16(10-23)15(9-19(26)24-21)14-6-7-18(28-5)17(22)8-14/h6-8,12-13,15H,9,11H2,1-5H3,(H,24,26)/t15-/m0/s1. The summed E-state index contributed by atoms with van der Waals surface area (Å²) in [6.45, 7) is 7.87. The fourth-order valence-electron chi connectivity index (χ4n) is 3.50. The molecule has 1 aromatic carbocycles. The number of amides is 2. The highest BCUT2D eigenvalue weighted by atomic mass is 35.5. The van der Waals surface area contributed by atoms with E-state index in [0.29, 0.717) is 21.4 Å². The maximum atomic E-state index is 12.7. The van der Waals surface area contributed by atoms with Crippen LogP contribution in [-0.4, -0.2) is 41.7 Å². The highest BCUT2D eigenvalue weighted by molar-refractivity contribution is 8.03. The monoisotopic (exact) mass is 435 g/mol. The zero-order valence-electron chi connectivity index (χ0n) is 17.3. The van der Waals surface area contributed by atoms with Gasteiger partial charge < -0.3 is 15.0 Å². The quantitative estimate of drug-likeness (QED) is 0.698. The second-order valence-corrected chi connectivity index (χ2v) is 8.72. The van der Waals surface area contributed by atoms with E-state index >= 15 is 0 Å². The maximum absolute atomic E-state index is 12.7. The molecular formula is C21H26ClN3O3S. The topological polar surface area (TPSA) is 82.4 Å². The normalized spacial score (nSPS) is 16.7. The van der Waals surface area contributed by atoms with Crippen molar-refractivity contribution >= 4 is 35.2 Å². The average Bonchev–Trinajstić information content (AvgIpc) is 2.65. The van der Waals surface area contributed by atoms with Crippen molar-refractivity contribution in [2.75, 3.05) is 12.9 Å². The van der Waals surface area contributed by atoms with Crippen molar-refractivity contribution in [1.82, 2.24) is 10.2 Å². The van der Waals surface area contributed by atoms with E-state index in [2.05, 4.69) is 11.4 Å². The Kier molecular flexibility index (Phi) is 8.00. The summed E-state index contributed by atoms with van der Waals surface area (Å²) >= 11 is 7.42. The van der Waals surface area contributed by atoms with Crippen LogP contribution in [0.4, 0.5) is 0 Å². The fourth-order valence-corrected chi connectivity index (χ4v) is 4.71. The number of nitrogens with zero attached hydrogens (tertiary/aromatic N) is 2. The number of carbonyl (C=O) groups excluding carboxylic acids is 2. The molecule has 0 spiro atoms. The number of ether oxygens (including phenoxy) is 1. The highest BCUT2D eigenvalue weighted by Crippen LogP contribution is 2.38. The zero-order valence-corrected chi connectivity index (χ0v) is 18.9. The van der Waals surface area contributed by atoms with Crippen molar-refractivity contribution in [3.63, 3.8) is 0 Å². The average molecular weight is 436 g/mol. The summed E-state index contributed by atoms with van der Waals surface area (Å²) in [6.07, 6.45) is 0.146.